The van der Waals surface area contributed by atoms with Crippen LogP contribution in [-0.4, -0.2) is 27.5 Å². The normalized spacial score (nSPS) is 12.2. The van der Waals surface area contributed by atoms with E-state index in [1.54, 1.807) is 6.33 Å². The highest BCUT2D eigenvalue weighted by Gasteiger charge is 2.13. The fourth-order valence-corrected chi connectivity index (χ4v) is 2.60. The molecule has 0 saturated carbocycles. The third kappa shape index (κ3) is 4.00. The van der Waals surface area contributed by atoms with Crippen molar-refractivity contribution in [2.45, 2.75) is 34.4 Å². The van der Waals surface area contributed by atoms with Crippen LogP contribution in [0.5, 0.6) is 0 Å². The van der Waals surface area contributed by atoms with Crippen LogP contribution in [0.1, 0.15) is 27.7 Å². The number of hydrogen-bond acceptors (Lipinski definition) is 2. The third-order valence-corrected chi connectivity index (χ3v) is 3.26. The SMILES string of the molecule is CC(C)CN(CC(C)C)Cn1cnc2cc(F)c(F)cc21. The largest absolute Gasteiger partial charge is 0.317 e. The summed E-state index contributed by atoms with van der Waals surface area (Å²) in [6.45, 7) is 11.3. The number of hydrogen-bond donors (Lipinski definition) is 0. The summed E-state index contributed by atoms with van der Waals surface area (Å²) < 4.78 is 28.5. The summed E-state index contributed by atoms with van der Waals surface area (Å²) >= 11 is 0. The standard InChI is InChI=1S/C16H23F2N3/c1-11(2)7-20(8-12(3)4)10-21-9-19-15-5-13(17)14(18)6-16(15)21/h5-6,9,11-12H,7-8,10H2,1-4H3. The Labute approximate surface area is 124 Å². The molecule has 21 heavy (non-hydrogen) atoms. The Kier molecular flexibility index (Phi) is 4.93. The molecule has 2 aromatic rings. The highest BCUT2D eigenvalue weighted by atomic mass is 19.2. The fourth-order valence-electron chi connectivity index (χ4n) is 2.60. The van der Waals surface area contributed by atoms with Crippen LogP contribution in [-0.2, 0) is 6.67 Å². The van der Waals surface area contributed by atoms with Crippen LogP contribution in [0.4, 0.5) is 8.78 Å². The van der Waals surface area contributed by atoms with Crippen molar-refractivity contribution in [1.29, 1.82) is 0 Å². The highest BCUT2D eigenvalue weighted by molar-refractivity contribution is 5.75. The van der Waals surface area contributed by atoms with Gasteiger partial charge < -0.3 is 4.57 Å². The monoisotopic (exact) mass is 295 g/mol. The van der Waals surface area contributed by atoms with E-state index < -0.39 is 11.6 Å². The highest BCUT2D eigenvalue weighted by Crippen LogP contribution is 2.18. The van der Waals surface area contributed by atoms with E-state index in [4.69, 9.17) is 0 Å². The smallest absolute Gasteiger partial charge is 0.161 e. The van der Waals surface area contributed by atoms with Gasteiger partial charge in [-0.05, 0) is 11.8 Å². The van der Waals surface area contributed by atoms with Gasteiger partial charge in [-0.25, -0.2) is 13.8 Å². The maximum Gasteiger partial charge on any atom is 0.161 e. The minimum Gasteiger partial charge on any atom is -0.317 e. The molecule has 0 atom stereocenters. The van der Waals surface area contributed by atoms with Gasteiger partial charge in [0.1, 0.15) is 0 Å². The van der Waals surface area contributed by atoms with Gasteiger partial charge in [-0.3, -0.25) is 4.90 Å². The van der Waals surface area contributed by atoms with E-state index in [2.05, 4.69) is 37.6 Å². The maximum absolute atomic E-state index is 13.4. The number of imidazole rings is 1. The van der Waals surface area contributed by atoms with Gasteiger partial charge in [0.15, 0.2) is 11.6 Å². The molecule has 0 radical (unpaired) electrons. The zero-order chi connectivity index (χ0) is 15.6. The lowest BCUT2D eigenvalue weighted by Crippen LogP contribution is -2.33. The molecule has 0 fully saturated rings. The van der Waals surface area contributed by atoms with E-state index in [0.29, 0.717) is 29.5 Å². The van der Waals surface area contributed by atoms with Gasteiger partial charge in [0.25, 0.3) is 0 Å². The Morgan fingerprint density at radius 2 is 1.62 bits per heavy atom. The van der Waals surface area contributed by atoms with Gasteiger partial charge in [0, 0.05) is 25.2 Å². The molecule has 2 rings (SSSR count). The molecule has 0 bridgehead atoms. The van der Waals surface area contributed by atoms with Crippen molar-refractivity contribution >= 4 is 11.0 Å². The quantitative estimate of drug-likeness (QED) is 0.806. The van der Waals surface area contributed by atoms with Crippen LogP contribution >= 0.6 is 0 Å². The van der Waals surface area contributed by atoms with Crippen molar-refractivity contribution in [3.63, 3.8) is 0 Å². The predicted octanol–water partition coefficient (Wildman–Crippen LogP) is 3.89. The fraction of sp³-hybridized carbons (Fsp3) is 0.562. The first-order valence-electron chi connectivity index (χ1n) is 7.39. The molecule has 1 aromatic carbocycles. The Balaban J connectivity index is 2.25. The first-order chi connectivity index (χ1) is 9.86. The molecule has 3 nitrogen and oxygen atoms in total. The summed E-state index contributed by atoms with van der Waals surface area (Å²) in [5.41, 5.74) is 1.12. The lowest BCUT2D eigenvalue weighted by atomic mass is 10.1. The minimum absolute atomic E-state index is 0.489. The average molecular weight is 295 g/mol. The zero-order valence-corrected chi connectivity index (χ0v) is 13.1. The summed E-state index contributed by atoms with van der Waals surface area (Å²) in [7, 11) is 0. The van der Waals surface area contributed by atoms with E-state index >= 15 is 0 Å². The van der Waals surface area contributed by atoms with Gasteiger partial charge in [-0.1, -0.05) is 27.7 Å². The minimum atomic E-state index is -0.853. The van der Waals surface area contributed by atoms with Crippen LogP contribution in [0.2, 0.25) is 0 Å². The molecular formula is C16H23F2N3. The molecule has 0 saturated heterocycles. The molecule has 116 valence electrons. The third-order valence-electron chi connectivity index (χ3n) is 3.26. The van der Waals surface area contributed by atoms with Crippen molar-refractivity contribution in [3.05, 3.63) is 30.1 Å². The summed E-state index contributed by atoms with van der Waals surface area (Å²) in [4.78, 5) is 6.48. The van der Waals surface area contributed by atoms with Crippen molar-refractivity contribution in [1.82, 2.24) is 14.5 Å². The van der Waals surface area contributed by atoms with Crippen LogP contribution in [0.25, 0.3) is 11.0 Å². The topological polar surface area (TPSA) is 21.1 Å². The second-order valence-corrected chi connectivity index (χ2v) is 6.43. The lowest BCUT2D eigenvalue weighted by Gasteiger charge is -2.26. The molecule has 0 N–H and O–H groups in total. The van der Waals surface area contributed by atoms with Crippen molar-refractivity contribution in [2.24, 2.45) is 11.8 Å². The van der Waals surface area contributed by atoms with Gasteiger partial charge in [0.2, 0.25) is 0 Å². The first-order valence-corrected chi connectivity index (χ1v) is 7.39. The molecular weight excluding hydrogens is 272 g/mol. The molecule has 0 spiro atoms. The van der Waals surface area contributed by atoms with E-state index in [9.17, 15) is 8.78 Å². The maximum atomic E-state index is 13.4. The number of aromatic nitrogens is 2. The Morgan fingerprint density at radius 3 is 2.19 bits per heavy atom. The number of nitrogens with zero attached hydrogens (tertiary/aromatic N) is 3. The summed E-state index contributed by atoms with van der Waals surface area (Å²) in [5, 5.41) is 0. The zero-order valence-electron chi connectivity index (χ0n) is 13.1. The molecule has 0 unspecified atom stereocenters. The second kappa shape index (κ2) is 6.52. The van der Waals surface area contributed by atoms with Gasteiger partial charge in [-0.2, -0.15) is 0 Å². The Morgan fingerprint density at radius 1 is 1.05 bits per heavy atom. The Hall–Kier alpha value is -1.49. The van der Waals surface area contributed by atoms with Crippen LogP contribution in [0.3, 0.4) is 0 Å². The predicted molar refractivity (Wildman–Crippen MR) is 80.9 cm³/mol. The van der Waals surface area contributed by atoms with Crippen LogP contribution in [0, 0.1) is 23.5 Å². The second-order valence-electron chi connectivity index (χ2n) is 6.43. The van der Waals surface area contributed by atoms with E-state index in [1.165, 1.54) is 6.07 Å². The number of fused-ring (bicyclic) bond motifs is 1. The number of halogens is 2. The van der Waals surface area contributed by atoms with Crippen LogP contribution in [0.15, 0.2) is 18.5 Å². The van der Waals surface area contributed by atoms with E-state index in [0.717, 1.165) is 19.2 Å². The van der Waals surface area contributed by atoms with Gasteiger partial charge in [-0.15, -0.1) is 0 Å². The molecule has 0 aliphatic carbocycles. The van der Waals surface area contributed by atoms with Gasteiger partial charge in [0.05, 0.1) is 24.0 Å². The average Bonchev–Trinajstić information content (AvgIpc) is 2.71. The first kappa shape index (κ1) is 15.9. The van der Waals surface area contributed by atoms with Gasteiger partial charge >= 0.3 is 0 Å². The summed E-state index contributed by atoms with van der Waals surface area (Å²) in [6.07, 6.45) is 1.65. The Bertz CT molecular complexity index is 595. The molecule has 0 aliphatic rings. The van der Waals surface area contributed by atoms with E-state index in [1.807, 2.05) is 4.57 Å². The molecule has 1 heterocycles. The van der Waals surface area contributed by atoms with Crippen molar-refractivity contribution in [2.75, 3.05) is 13.1 Å². The molecule has 0 amide bonds. The molecule has 0 aliphatic heterocycles. The lowest BCUT2D eigenvalue weighted by molar-refractivity contribution is 0.177. The molecule has 5 heteroatoms. The summed E-state index contributed by atoms with van der Waals surface area (Å²) in [5.74, 6) is -0.585. The van der Waals surface area contributed by atoms with E-state index in [-0.39, 0.29) is 0 Å². The van der Waals surface area contributed by atoms with Crippen molar-refractivity contribution < 1.29 is 8.78 Å². The number of rotatable bonds is 6. The van der Waals surface area contributed by atoms with Crippen molar-refractivity contribution in [3.8, 4) is 0 Å². The number of benzene rings is 1. The summed E-state index contributed by atoms with van der Waals surface area (Å²) in [6, 6.07) is 2.37. The van der Waals surface area contributed by atoms with Crippen LogP contribution < -0.4 is 0 Å². The molecule has 1 aromatic heterocycles.